The Hall–Kier alpha value is -0.810. The Morgan fingerprint density at radius 3 is 2.60 bits per heavy atom. The van der Waals surface area contributed by atoms with Gasteiger partial charge in [0, 0.05) is 0 Å². The Balaban J connectivity index is 3.25. The molecule has 0 heterocycles. The van der Waals surface area contributed by atoms with Crippen molar-refractivity contribution >= 4 is 5.96 Å². The first-order valence-corrected chi connectivity index (χ1v) is 3.23. The molecule has 8 N–H and O–H groups in total. The smallest absolute Gasteiger partial charge is 0.186 e. The summed E-state index contributed by atoms with van der Waals surface area (Å²) >= 11 is 0. The molecule has 60 valence electrons. The van der Waals surface area contributed by atoms with Crippen LogP contribution in [0.2, 0.25) is 0 Å². The molecule has 5 heteroatoms. The van der Waals surface area contributed by atoms with Gasteiger partial charge in [-0.05, 0) is 19.4 Å². The zero-order valence-corrected chi connectivity index (χ0v) is 5.93. The third kappa shape index (κ3) is 5.33. The van der Waals surface area contributed by atoms with Crippen LogP contribution in [0.25, 0.3) is 0 Å². The molecule has 1 atom stereocenters. The molecule has 0 aliphatic heterocycles. The number of rotatable bonds is 4. The van der Waals surface area contributed by atoms with Gasteiger partial charge in [0.2, 0.25) is 0 Å². The van der Waals surface area contributed by atoms with E-state index in [0.717, 1.165) is 12.8 Å². The number of nitrogens with two attached hydrogens (primary N) is 3. The maximum absolute atomic E-state index is 6.82. The van der Waals surface area contributed by atoms with Crippen LogP contribution in [0.3, 0.4) is 0 Å². The monoisotopic (exact) mass is 145 g/mol. The molecule has 0 radical (unpaired) electrons. The molecule has 0 aromatic rings. The van der Waals surface area contributed by atoms with Crippen molar-refractivity contribution < 1.29 is 0 Å². The van der Waals surface area contributed by atoms with Crippen LogP contribution in [0, 0.1) is 5.41 Å². The van der Waals surface area contributed by atoms with Gasteiger partial charge in [0.25, 0.3) is 0 Å². The van der Waals surface area contributed by atoms with Crippen LogP contribution in [-0.4, -0.2) is 18.7 Å². The van der Waals surface area contributed by atoms with Gasteiger partial charge in [0.05, 0.1) is 6.17 Å². The minimum Gasteiger partial charge on any atom is -0.370 e. The minimum atomic E-state index is -0.235. The highest BCUT2D eigenvalue weighted by Crippen LogP contribution is 1.87. The summed E-state index contributed by atoms with van der Waals surface area (Å²) in [7, 11) is 0. The highest BCUT2D eigenvalue weighted by atomic mass is 15.1. The van der Waals surface area contributed by atoms with Crippen molar-refractivity contribution in [2.24, 2.45) is 17.2 Å². The van der Waals surface area contributed by atoms with Crippen molar-refractivity contribution in [2.75, 3.05) is 6.54 Å². The van der Waals surface area contributed by atoms with Gasteiger partial charge < -0.3 is 22.5 Å². The molecule has 1 unspecified atom stereocenters. The van der Waals surface area contributed by atoms with Crippen molar-refractivity contribution in [2.45, 2.75) is 19.0 Å². The lowest BCUT2D eigenvalue weighted by Crippen LogP contribution is -2.44. The Labute approximate surface area is 60.5 Å². The molecule has 0 saturated heterocycles. The Morgan fingerprint density at radius 2 is 2.20 bits per heavy atom. The van der Waals surface area contributed by atoms with E-state index >= 15 is 0 Å². The zero-order valence-electron chi connectivity index (χ0n) is 5.93. The number of hydrogen-bond acceptors (Lipinski definition) is 3. The van der Waals surface area contributed by atoms with Crippen molar-refractivity contribution in [3.05, 3.63) is 0 Å². The van der Waals surface area contributed by atoms with Crippen molar-refractivity contribution in [1.29, 1.82) is 5.41 Å². The number of nitrogens with one attached hydrogen (secondary N) is 2. The fourth-order valence-corrected chi connectivity index (χ4v) is 0.610. The lowest BCUT2D eigenvalue weighted by atomic mass is 10.2. The molecule has 0 amide bonds. The Bertz CT molecular complexity index is 102. The van der Waals surface area contributed by atoms with E-state index < -0.39 is 0 Å². The number of hydrogen-bond donors (Lipinski definition) is 5. The van der Waals surface area contributed by atoms with Crippen LogP contribution < -0.4 is 22.5 Å². The molecule has 0 spiro atoms. The van der Waals surface area contributed by atoms with Gasteiger partial charge in [0.15, 0.2) is 5.96 Å². The summed E-state index contributed by atoms with van der Waals surface area (Å²) < 4.78 is 0. The van der Waals surface area contributed by atoms with E-state index in [0.29, 0.717) is 6.54 Å². The molecule has 0 rings (SSSR count). The van der Waals surface area contributed by atoms with Gasteiger partial charge >= 0.3 is 0 Å². The Kier molecular flexibility index (Phi) is 4.61. The van der Waals surface area contributed by atoms with E-state index in [4.69, 9.17) is 22.6 Å². The summed E-state index contributed by atoms with van der Waals surface area (Å²) in [6, 6.07) is 0. The Morgan fingerprint density at radius 1 is 1.60 bits per heavy atom. The van der Waals surface area contributed by atoms with E-state index in [9.17, 15) is 0 Å². The van der Waals surface area contributed by atoms with Crippen LogP contribution >= 0.6 is 0 Å². The first-order valence-electron chi connectivity index (χ1n) is 3.23. The fourth-order valence-electron chi connectivity index (χ4n) is 0.610. The maximum atomic E-state index is 6.82. The SMILES string of the molecule is N=C(N)NC(N)CCCN. The highest BCUT2D eigenvalue weighted by molar-refractivity contribution is 5.74. The van der Waals surface area contributed by atoms with E-state index in [1.165, 1.54) is 0 Å². The third-order valence-corrected chi connectivity index (χ3v) is 1.06. The van der Waals surface area contributed by atoms with Gasteiger partial charge in [-0.3, -0.25) is 5.41 Å². The van der Waals surface area contributed by atoms with Gasteiger partial charge in [-0.2, -0.15) is 0 Å². The number of guanidine groups is 1. The average Bonchev–Trinajstić information content (AvgIpc) is 1.82. The first-order chi connectivity index (χ1) is 4.66. The third-order valence-electron chi connectivity index (χ3n) is 1.06. The van der Waals surface area contributed by atoms with Gasteiger partial charge in [0.1, 0.15) is 0 Å². The average molecular weight is 145 g/mol. The lowest BCUT2D eigenvalue weighted by Gasteiger charge is -2.11. The van der Waals surface area contributed by atoms with E-state index in [2.05, 4.69) is 5.32 Å². The molecule has 0 aromatic carbocycles. The molecule has 0 saturated carbocycles. The van der Waals surface area contributed by atoms with Gasteiger partial charge in [-0.15, -0.1) is 0 Å². The summed E-state index contributed by atoms with van der Waals surface area (Å²) in [5.41, 5.74) is 15.7. The normalized spacial score (nSPS) is 12.6. The quantitative estimate of drug-likeness (QED) is 0.188. The van der Waals surface area contributed by atoms with Crippen molar-refractivity contribution in [3.63, 3.8) is 0 Å². The predicted molar refractivity (Wildman–Crippen MR) is 41.3 cm³/mol. The molecule has 5 nitrogen and oxygen atoms in total. The second-order valence-electron chi connectivity index (χ2n) is 2.10. The predicted octanol–water partition coefficient (Wildman–Crippen LogP) is -1.51. The summed E-state index contributed by atoms with van der Waals surface area (Å²) in [4.78, 5) is 0. The molecule has 0 aromatic heterocycles. The summed E-state index contributed by atoms with van der Waals surface area (Å²) in [6.07, 6.45) is 1.36. The van der Waals surface area contributed by atoms with E-state index in [1.54, 1.807) is 0 Å². The molecule has 0 bridgehead atoms. The van der Waals surface area contributed by atoms with Crippen LogP contribution in [0.1, 0.15) is 12.8 Å². The van der Waals surface area contributed by atoms with E-state index in [-0.39, 0.29) is 12.1 Å². The molecular formula is C5H15N5. The fraction of sp³-hybridized carbons (Fsp3) is 0.800. The molecular weight excluding hydrogens is 130 g/mol. The zero-order chi connectivity index (χ0) is 7.98. The molecule has 0 fully saturated rings. The van der Waals surface area contributed by atoms with Crippen LogP contribution in [-0.2, 0) is 0 Å². The maximum Gasteiger partial charge on any atom is 0.186 e. The summed E-state index contributed by atoms with van der Waals surface area (Å²) in [6.45, 7) is 0.618. The first kappa shape index (κ1) is 9.19. The standard InChI is InChI=1S/C5H15N5/c6-3-1-2-4(7)10-5(8)9/h4H,1-3,6-7H2,(H4,8,9,10). The van der Waals surface area contributed by atoms with E-state index in [1.807, 2.05) is 0 Å². The second kappa shape index (κ2) is 5.01. The molecule has 10 heavy (non-hydrogen) atoms. The van der Waals surface area contributed by atoms with Crippen molar-refractivity contribution in [3.8, 4) is 0 Å². The minimum absolute atomic E-state index is 0.0930. The molecule has 0 aliphatic rings. The van der Waals surface area contributed by atoms with Crippen LogP contribution in [0.5, 0.6) is 0 Å². The van der Waals surface area contributed by atoms with Crippen molar-refractivity contribution in [1.82, 2.24) is 5.32 Å². The highest BCUT2D eigenvalue weighted by Gasteiger charge is 1.99. The molecule has 0 aliphatic carbocycles. The topological polar surface area (TPSA) is 114 Å². The van der Waals surface area contributed by atoms with Crippen LogP contribution in [0.4, 0.5) is 0 Å². The summed E-state index contributed by atoms with van der Waals surface area (Å²) in [5.74, 6) is -0.0930. The van der Waals surface area contributed by atoms with Crippen LogP contribution in [0.15, 0.2) is 0 Å². The van der Waals surface area contributed by atoms with Gasteiger partial charge in [-0.25, -0.2) is 0 Å². The second-order valence-corrected chi connectivity index (χ2v) is 2.10. The largest absolute Gasteiger partial charge is 0.370 e. The summed E-state index contributed by atoms with van der Waals surface area (Å²) in [5, 5.41) is 9.38. The van der Waals surface area contributed by atoms with Gasteiger partial charge in [-0.1, -0.05) is 0 Å². The lowest BCUT2D eigenvalue weighted by molar-refractivity contribution is 0.556.